The number of carbonyl (C=O) groups is 1. The van der Waals surface area contributed by atoms with Crippen LogP contribution in [0.25, 0.3) is 17.1 Å². The summed E-state index contributed by atoms with van der Waals surface area (Å²) in [5.41, 5.74) is 1.77. The van der Waals surface area contributed by atoms with E-state index in [-0.39, 0.29) is 12.5 Å². The fourth-order valence-corrected chi connectivity index (χ4v) is 2.77. The smallest absolute Gasteiger partial charge is 0.261 e. The van der Waals surface area contributed by atoms with Gasteiger partial charge in [0, 0.05) is 6.20 Å². The van der Waals surface area contributed by atoms with Gasteiger partial charge in [0.25, 0.3) is 11.8 Å². The summed E-state index contributed by atoms with van der Waals surface area (Å²) in [7, 11) is 0. The maximum atomic E-state index is 12.3. The fraction of sp³-hybridized carbons (Fsp3) is 0.235. The predicted molar refractivity (Wildman–Crippen MR) is 90.4 cm³/mol. The molecule has 0 atom stereocenters. The molecule has 26 heavy (non-hydrogen) atoms. The van der Waals surface area contributed by atoms with Crippen LogP contribution in [0.4, 0.5) is 0 Å². The molecule has 0 saturated carbocycles. The molecule has 0 fully saturated rings. The zero-order chi connectivity index (χ0) is 18.3. The fourth-order valence-electron chi connectivity index (χ4n) is 2.77. The monoisotopic (exact) mass is 352 g/mol. The topological polar surface area (TPSA) is 111 Å². The van der Waals surface area contributed by atoms with Gasteiger partial charge in [0.15, 0.2) is 17.3 Å². The number of nitrogens with one attached hydrogen (secondary N) is 1. The molecule has 4 rings (SSSR count). The molecule has 0 aliphatic carbocycles. The van der Waals surface area contributed by atoms with E-state index in [9.17, 15) is 4.79 Å². The van der Waals surface area contributed by atoms with Gasteiger partial charge in [-0.15, -0.1) is 10.2 Å². The Morgan fingerprint density at radius 2 is 2.12 bits per heavy atom. The first-order valence-corrected chi connectivity index (χ1v) is 8.01. The molecule has 4 heterocycles. The van der Waals surface area contributed by atoms with E-state index in [0.717, 1.165) is 0 Å². The van der Waals surface area contributed by atoms with Gasteiger partial charge >= 0.3 is 0 Å². The first-order valence-electron chi connectivity index (χ1n) is 8.01. The standard InChI is InChI=1S/C17H16N6O3/c1-9-7-13(10(2)25-9)16(24)18-8-14-20-21-15-12(5-4-6-23(14)15)17-19-11(3)22-26-17/h4-7H,8H2,1-3H3,(H,18,24). The Morgan fingerprint density at radius 3 is 2.81 bits per heavy atom. The highest BCUT2D eigenvalue weighted by atomic mass is 16.5. The second-order valence-corrected chi connectivity index (χ2v) is 5.89. The van der Waals surface area contributed by atoms with Crippen LogP contribution in [0.2, 0.25) is 0 Å². The second kappa shape index (κ2) is 6.10. The molecular weight excluding hydrogens is 336 g/mol. The van der Waals surface area contributed by atoms with Gasteiger partial charge in [-0.05, 0) is 39.0 Å². The van der Waals surface area contributed by atoms with Crippen LogP contribution < -0.4 is 5.32 Å². The highest BCUT2D eigenvalue weighted by Gasteiger charge is 2.17. The Balaban J connectivity index is 1.60. The van der Waals surface area contributed by atoms with Gasteiger partial charge in [0.05, 0.1) is 17.7 Å². The zero-order valence-electron chi connectivity index (χ0n) is 14.5. The maximum absolute atomic E-state index is 12.3. The van der Waals surface area contributed by atoms with Crippen molar-refractivity contribution in [3.8, 4) is 11.5 Å². The van der Waals surface area contributed by atoms with Crippen molar-refractivity contribution in [2.24, 2.45) is 0 Å². The number of rotatable bonds is 4. The van der Waals surface area contributed by atoms with Crippen molar-refractivity contribution in [3.63, 3.8) is 0 Å². The normalized spacial score (nSPS) is 11.2. The minimum absolute atomic E-state index is 0.218. The molecule has 9 heteroatoms. The van der Waals surface area contributed by atoms with Crippen LogP contribution >= 0.6 is 0 Å². The van der Waals surface area contributed by atoms with Crippen molar-refractivity contribution in [2.45, 2.75) is 27.3 Å². The number of furan rings is 1. The van der Waals surface area contributed by atoms with E-state index in [1.807, 2.05) is 18.3 Å². The summed E-state index contributed by atoms with van der Waals surface area (Å²) in [4.78, 5) is 16.6. The number of carbonyl (C=O) groups excluding carboxylic acids is 1. The van der Waals surface area contributed by atoms with E-state index in [1.165, 1.54) is 0 Å². The average molecular weight is 352 g/mol. The number of fused-ring (bicyclic) bond motifs is 1. The molecular formula is C17H16N6O3. The molecule has 0 aromatic carbocycles. The van der Waals surface area contributed by atoms with Gasteiger partial charge in [-0.25, -0.2) is 0 Å². The molecule has 132 valence electrons. The lowest BCUT2D eigenvalue weighted by Crippen LogP contribution is -2.24. The van der Waals surface area contributed by atoms with Crippen LogP contribution in [0.15, 0.2) is 33.3 Å². The molecule has 0 bridgehead atoms. The number of hydrogen-bond acceptors (Lipinski definition) is 7. The van der Waals surface area contributed by atoms with Gasteiger partial charge < -0.3 is 14.3 Å². The first kappa shape index (κ1) is 16.0. The van der Waals surface area contributed by atoms with Gasteiger partial charge in [-0.3, -0.25) is 9.20 Å². The lowest BCUT2D eigenvalue weighted by Gasteiger charge is -2.04. The van der Waals surface area contributed by atoms with Crippen LogP contribution in [0, 0.1) is 20.8 Å². The largest absolute Gasteiger partial charge is 0.466 e. The van der Waals surface area contributed by atoms with Crippen molar-refractivity contribution >= 4 is 11.6 Å². The van der Waals surface area contributed by atoms with E-state index < -0.39 is 0 Å². The van der Waals surface area contributed by atoms with E-state index >= 15 is 0 Å². The molecule has 0 aliphatic rings. The molecule has 0 spiro atoms. The van der Waals surface area contributed by atoms with E-state index in [1.54, 1.807) is 31.2 Å². The van der Waals surface area contributed by atoms with Crippen molar-refractivity contribution in [2.75, 3.05) is 0 Å². The summed E-state index contributed by atoms with van der Waals surface area (Å²) >= 11 is 0. The molecule has 1 N–H and O–H groups in total. The van der Waals surface area contributed by atoms with Gasteiger partial charge in [0.2, 0.25) is 0 Å². The highest BCUT2D eigenvalue weighted by molar-refractivity contribution is 5.95. The Labute approximate surface area is 148 Å². The van der Waals surface area contributed by atoms with Crippen LogP contribution in [0.3, 0.4) is 0 Å². The number of hydrogen-bond donors (Lipinski definition) is 1. The molecule has 1 amide bonds. The number of amides is 1. The Bertz CT molecular complexity index is 1110. The SMILES string of the molecule is Cc1noc(-c2cccn3c(CNC(=O)c4cc(C)oc4C)nnc23)n1. The van der Waals surface area contributed by atoms with Crippen molar-refractivity contribution in [1.29, 1.82) is 0 Å². The van der Waals surface area contributed by atoms with Gasteiger partial charge in [-0.2, -0.15) is 4.98 Å². The Kier molecular flexibility index (Phi) is 3.76. The summed E-state index contributed by atoms with van der Waals surface area (Å²) in [6.07, 6.45) is 1.82. The summed E-state index contributed by atoms with van der Waals surface area (Å²) in [6.45, 7) is 5.52. The number of aryl methyl sites for hydroxylation is 3. The van der Waals surface area contributed by atoms with Crippen LogP contribution in [0.5, 0.6) is 0 Å². The quantitative estimate of drug-likeness (QED) is 0.599. The van der Waals surface area contributed by atoms with Crippen molar-refractivity contribution in [1.82, 2.24) is 30.1 Å². The summed E-state index contributed by atoms with van der Waals surface area (Å²) < 4.78 is 12.4. The number of aromatic nitrogens is 5. The van der Waals surface area contributed by atoms with E-state index in [2.05, 4.69) is 25.7 Å². The number of pyridine rings is 1. The molecule has 4 aromatic heterocycles. The molecule has 9 nitrogen and oxygen atoms in total. The molecule has 0 aliphatic heterocycles. The third-order valence-electron chi connectivity index (χ3n) is 3.96. The third kappa shape index (κ3) is 2.73. The molecule has 0 unspecified atom stereocenters. The molecule has 0 saturated heterocycles. The second-order valence-electron chi connectivity index (χ2n) is 5.89. The van der Waals surface area contributed by atoms with E-state index in [4.69, 9.17) is 8.94 Å². The Morgan fingerprint density at radius 1 is 1.27 bits per heavy atom. The van der Waals surface area contributed by atoms with Crippen LogP contribution in [-0.4, -0.2) is 30.6 Å². The Hall–Kier alpha value is -3.49. The summed E-state index contributed by atoms with van der Waals surface area (Å²) in [6, 6.07) is 5.37. The van der Waals surface area contributed by atoms with E-state index in [0.29, 0.717) is 45.8 Å². The lowest BCUT2D eigenvalue weighted by atomic mass is 10.2. The minimum Gasteiger partial charge on any atom is -0.466 e. The summed E-state index contributed by atoms with van der Waals surface area (Å²) in [5, 5.41) is 15.0. The first-order chi connectivity index (χ1) is 12.5. The van der Waals surface area contributed by atoms with Crippen LogP contribution in [-0.2, 0) is 6.54 Å². The number of nitrogens with zero attached hydrogens (tertiary/aromatic N) is 5. The molecule has 0 radical (unpaired) electrons. The van der Waals surface area contributed by atoms with Crippen LogP contribution in [0.1, 0.15) is 33.5 Å². The lowest BCUT2D eigenvalue weighted by molar-refractivity contribution is 0.0948. The third-order valence-corrected chi connectivity index (χ3v) is 3.96. The molecule has 4 aromatic rings. The summed E-state index contributed by atoms with van der Waals surface area (Å²) in [5.74, 6) is 2.56. The minimum atomic E-state index is -0.222. The van der Waals surface area contributed by atoms with Crippen molar-refractivity contribution in [3.05, 3.63) is 53.1 Å². The van der Waals surface area contributed by atoms with Gasteiger partial charge in [-0.1, -0.05) is 5.16 Å². The average Bonchev–Trinajstić information content (AvgIpc) is 3.31. The zero-order valence-corrected chi connectivity index (χ0v) is 14.5. The highest BCUT2D eigenvalue weighted by Crippen LogP contribution is 2.22. The van der Waals surface area contributed by atoms with Gasteiger partial charge in [0.1, 0.15) is 11.5 Å². The maximum Gasteiger partial charge on any atom is 0.261 e. The predicted octanol–water partition coefficient (Wildman–Crippen LogP) is 2.23. The van der Waals surface area contributed by atoms with Crippen molar-refractivity contribution < 1.29 is 13.7 Å².